The Hall–Kier alpha value is -0.700. The Kier molecular flexibility index (Phi) is 5.97. The fraction of sp³-hybridized carbons (Fsp3) is 0.714. The van der Waals surface area contributed by atoms with Gasteiger partial charge in [-0.15, -0.1) is 0 Å². The third kappa shape index (κ3) is 4.21. The van der Waals surface area contributed by atoms with Crippen molar-refractivity contribution in [1.82, 2.24) is 0 Å². The van der Waals surface area contributed by atoms with Crippen molar-refractivity contribution < 1.29 is 5.11 Å². The van der Waals surface area contributed by atoms with E-state index < -0.39 is 0 Å². The van der Waals surface area contributed by atoms with Crippen molar-refractivity contribution in [3.05, 3.63) is 0 Å². The highest BCUT2D eigenvalue weighted by atomic mass is 16.3. The van der Waals surface area contributed by atoms with E-state index in [0.29, 0.717) is 12.3 Å². The van der Waals surface area contributed by atoms with Crippen LogP contribution in [0.2, 0.25) is 0 Å². The Labute approximate surface area is 61.5 Å². The lowest BCUT2D eigenvalue weighted by molar-refractivity contribution is 0.307. The molecule has 0 aromatic rings. The molecule has 3 nitrogen and oxygen atoms in total. The average Bonchev–Trinajstić information content (AvgIpc) is 1.98. The fourth-order valence-electron chi connectivity index (χ4n) is 0.531. The van der Waals surface area contributed by atoms with Crippen LogP contribution in [0, 0.1) is 0 Å². The van der Waals surface area contributed by atoms with Crippen LogP contribution in [0.5, 0.6) is 0 Å². The molecule has 0 bridgehead atoms. The second-order valence-corrected chi connectivity index (χ2v) is 1.83. The Balaban J connectivity index is 3.72. The number of aliphatic hydroxyl groups is 1. The van der Waals surface area contributed by atoms with Crippen LogP contribution < -0.4 is 0 Å². The first-order valence-corrected chi connectivity index (χ1v) is 3.44. The van der Waals surface area contributed by atoms with Crippen LogP contribution in [0.15, 0.2) is 9.98 Å². The largest absolute Gasteiger partial charge is 0.396 e. The number of amidine groups is 1. The van der Waals surface area contributed by atoms with Crippen LogP contribution in [0.4, 0.5) is 0 Å². The van der Waals surface area contributed by atoms with Gasteiger partial charge in [0.2, 0.25) is 0 Å². The quantitative estimate of drug-likeness (QED) is 0.461. The molecule has 0 fully saturated rings. The monoisotopic (exact) mass is 142 g/mol. The van der Waals surface area contributed by atoms with E-state index in [-0.39, 0.29) is 6.61 Å². The van der Waals surface area contributed by atoms with Crippen molar-refractivity contribution in [2.45, 2.75) is 19.8 Å². The second kappa shape index (κ2) is 6.42. The lowest BCUT2D eigenvalue weighted by Gasteiger charge is -1.93. The van der Waals surface area contributed by atoms with Crippen LogP contribution in [0.1, 0.15) is 19.8 Å². The highest BCUT2D eigenvalue weighted by Crippen LogP contribution is 1.86. The molecule has 0 heterocycles. The molecule has 0 aliphatic carbocycles. The Morgan fingerprint density at radius 1 is 1.60 bits per heavy atom. The van der Waals surface area contributed by atoms with Gasteiger partial charge in [0.05, 0.1) is 6.61 Å². The molecule has 58 valence electrons. The second-order valence-electron chi connectivity index (χ2n) is 1.83. The smallest absolute Gasteiger partial charge is 0.124 e. The van der Waals surface area contributed by atoms with Gasteiger partial charge < -0.3 is 5.11 Å². The number of aliphatic hydroxyl groups excluding tert-OH is 1. The first-order valence-electron chi connectivity index (χ1n) is 3.44. The van der Waals surface area contributed by atoms with Gasteiger partial charge in [0.25, 0.3) is 0 Å². The van der Waals surface area contributed by atoms with Crippen molar-refractivity contribution in [3.63, 3.8) is 0 Å². The van der Waals surface area contributed by atoms with Crippen LogP contribution in [0.25, 0.3) is 0 Å². The van der Waals surface area contributed by atoms with E-state index in [1.165, 1.54) is 0 Å². The van der Waals surface area contributed by atoms with Gasteiger partial charge >= 0.3 is 0 Å². The van der Waals surface area contributed by atoms with E-state index in [1.807, 2.05) is 6.92 Å². The Bertz CT molecular complexity index is 130. The summed E-state index contributed by atoms with van der Waals surface area (Å²) in [7, 11) is 1.68. The molecule has 0 aliphatic heterocycles. The van der Waals surface area contributed by atoms with E-state index in [9.17, 15) is 0 Å². The van der Waals surface area contributed by atoms with Crippen molar-refractivity contribution in [2.75, 3.05) is 13.7 Å². The zero-order chi connectivity index (χ0) is 7.82. The average molecular weight is 142 g/mol. The van der Waals surface area contributed by atoms with E-state index in [0.717, 1.165) is 6.42 Å². The molecule has 0 rings (SSSR count). The molecule has 0 atom stereocenters. The highest BCUT2D eigenvalue weighted by Gasteiger charge is 1.89. The summed E-state index contributed by atoms with van der Waals surface area (Å²) in [5, 5.41) is 8.51. The molecule has 0 radical (unpaired) electrons. The molecule has 3 heteroatoms. The van der Waals surface area contributed by atoms with Crippen molar-refractivity contribution in [1.29, 1.82) is 0 Å². The summed E-state index contributed by atoms with van der Waals surface area (Å²) in [6.45, 7) is 2.13. The van der Waals surface area contributed by atoms with Gasteiger partial charge in [0.1, 0.15) is 5.84 Å². The molecule has 0 spiro atoms. The number of aliphatic imine (C=N–C) groups is 2. The topological polar surface area (TPSA) is 45.0 Å². The van der Waals surface area contributed by atoms with E-state index in [4.69, 9.17) is 5.11 Å². The third-order valence-corrected chi connectivity index (χ3v) is 1.02. The van der Waals surface area contributed by atoms with Gasteiger partial charge in [-0.25, -0.2) is 4.99 Å². The van der Waals surface area contributed by atoms with E-state index in [1.54, 1.807) is 13.3 Å². The zero-order valence-corrected chi connectivity index (χ0v) is 6.54. The Morgan fingerprint density at radius 3 is 2.70 bits per heavy atom. The summed E-state index contributed by atoms with van der Waals surface area (Å²) < 4.78 is 0. The summed E-state index contributed by atoms with van der Waals surface area (Å²) in [4.78, 5) is 7.89. The van der Waals surface area contributed by atoms with Crippen molar-refractivity contribution in [2.24, 2.45) is 9.98 Å². The van der Waals surface area contributed by atoms with Crippen LogP contribution in [0.3, 0.4) is 0 Å². The molecule has 1 N–H and O–H groups in total. The van der Waals surface area contributed by atoms with E-state index in [2.05, 4.69) is 9.98 Å². The van der Waals surface area contributed by atoms with Gasteiger partial charge in [-0.1, -0.05) is 6.92 Å². The molecule has 0 aliphatic rings. The summed E-state index contributed by atoms with van der Waals surface area (Å²) in [5.74, 6) is 0.712. The predicted molar refractivity (Wildman–Crippen MR) is 43.8 cm³/mol. The maximum Gasteiger partial charge on any atom is 0.124 e. The lowest BCUT2D eigenvalue weighted by atomic mass is 10.4. The van der Waals surface area contributed by atoms with Gasteiger partial charge in [0, 0.05) is 19.7 Å². The summed E-state index contributed by atoms with van der Waals surface area (Å²) >= 11 is 0. The van der Waals surface area contributed by atoms with Crippen LogP contribution in [-0.2, 0) is 0 Å². The van der Waals surface area contributed by atoms with Gasteiger partial charge in [0.15, 0.2) is 0 Å². The van der Waals surface area contributed by atoms with Crippen molar-refractivity contribution in [3.8, 4) is 0 Å². The van der Waals surface area contributed by atoms with E-state index >= 15 is 0 Å². The fourth-order valence-corrected chi connectivity index (χ4v) is 0.531. The minimum Gasteiger partial charge on any atom is -0.396 e. The molecule has 10 heavy (non-hydrogen) atoms. The molecule has 0 aromatic carbocycles. The number of hydrogen-bond donors (Lipinski definition) is 1. The lowest BCUT2D eigenvalue weighted by Crippen LogP contribution is -1.97. The molecular weight excluding hydrogens is 128 g/mol. The summed E-state index contributed by atoms with van der Waals surface area (Å²) in [5.41, 5.74) is 0. The van der Waals surface area contributed by atoms with Gasteiger partial charge in [-0.05, 0) is 6.42 Å². The maximum absolute atomic E-state index is 8.51. The SMILES string of the molecule is CCC=NC(CCO)=NC. The number of nitrogens with zero attached hydrogens (tertiary/aromatic N) is 2. The first kappa shape index (κ1) is 9.30. The summed E-state index contributed by atoms with van der Waals surface area (Å²) in [6.07, 6.45) is 3.25. The molecule has 0 amide bonds. The molecule has 0 unspecified atom stereocenters. The minimum atomic E-state index is 0.119. The maximum atomic E-state index is 8.51. The number of hydrogen-bond acceptors (Lipinski definition) is 2. The molecule has 0 saturated heterocycles. The van der Waals surface area contributed by atoms with Crippen LogP contribution in [-0.4, -0.2) is 30.8 Å². The molecule has 0 aromatic heterocycles. The minimum absolute atomic E-state index is 0.119. The third-order valence-electron chi connectivity index (χ3n) is 1.02. The zero-order valence-electron chi connectivity index (χ0n) is 6.54. The van der Waals surface area contributed by atoms with Gasteiger partial charge in [-0.3, -0.25) is 4.99 Å². The standard InChI is InChI=1S/C7H14N2O/c1-3-5-9-7(8-2)4-6-10/h5,10H,3-4,6H2,1-2H3. The van der Waals surface area contributed by atoms with Gasteiger partial charge in [-0.2, -0.15) is 0 Å². The summed E-state index contributed by atoms with van der Waals surface area (Å²) in [6, 6.07) is 0. The molecular formula is C7H14N2O. The van der Waals surface area contributed by atoms with Crippen molar-refractivity contribution >= 4 is 12.1 Å². The molecule has 0 saturated carbocycles. The predicted octanol–water partition coefficient (Wildman–Crippen LogP) is 0.878. The first-order chi connectivity index (χ1) is 4.85. The van der Waals surface area contributed by atoms with Crippen LogP contribution >= 0.6 is 0 Å². The normalized spacial score (nSPS) is 12.9. The number of rotatable bonds is 3. The Morgan fingerprint density at radius 2 is 2.30 bits per heavy atom. The highest BCUT2D eigenvalue weighted by molar-refractivity contribution is 5.89.